The van der Waals surface area contributed by atoms with Crippen LogP contribution >= 0.6 is 0 Å². The molecule has 0 radical (unpaired) electrons. The highest BCUT2D eigenvalue weighted by atomic mass is 19.1. The van der Waals surface area contributed by atoms with Gasteiger partial charge in [0.25, 0.3) is 0 Å². The number of nitrogens with zero attached hydrogens (tertiary/aromatic N) is 1. The van der Waals surface area contributed by atoms with Gasteiger partial charge in [-0.3, -0.25) is 4.79 Å². The Hall–Kier alpha value is -1.46. The molecule has 5 heteroatoms. The summed E-state index contributed by atoms with van der Waals surface area (Å²) in [6.07, 6.45) is 2.98. The van der Waals surface area contributed by atoms with Crippen molar-refractivity contribution in [2.75, 3.05) is 26.2 Å². The Labute approximate surface area is 124 Å². The fourth-order valence-electron chi connectivity index (χ4n) is 3.15. The zero-order chi connectivity index (χ0) is 14.7. The molecule has 1 atom stereocenters. The molecule has 1 aromatic rings. The summed E-state index contributed by atoms with van der Waals surface area (Å²) in [5.74, 6) is -0.236. The smallest absolute Gasteiger partial charge is 0.248 e. The summed E-state index contributed by atoms with van der Waals surface area (Å²) in [6.45, 7) is 3.25. The number of rotatable bonds is 2. The molecule has 0 saturated carbocycles. The van der Waals surface area contributed by atoms with Crippen LogP contribution in [-0.2, 0) is 16.1 Å². The molecule has 1 aromatic carbocycles. The lowest BCUT2D eigenvalue weighted by atomic mass is 9.92. The summed E-state index contributed by atoms with van der Waals surface area (Å²) in [4.78, 5) is 13.9. The first-order valence-electron chi connectivity index (χ1n) is 7.54. The van der Waals surface area contributed by atoms with Crippen LogP contribution in [0.4, 0.5) is 4.39 Å². The highest BCUT2D eigenvalue weighted by Gasteiger charge is 2.39. The van der Waals surface area contributed by atoms with Crippen molar-refractivity contribution >= 4 is 5.91 Å². The van der Waals surface area contributed by atoms with Gasteiger partial charge in [0.1, 0.15) is 12.4 Å². The van der Waals surface area contributed by atoms with Crippen molar-refractivity contribution in [2.45, 2.75) is 31.4 Å². The van der Waals surface area contributed by atoms with Gasteiger partial charge >= 0.3 is 0 Å². The summed E-state index contributed by atoms with van der Waals surface area (Å²) in [7, 11) is 0. The molecule has 2 aliphatic rings. The molecule has 3 rings (SSSR count). The Kier molecular flexibility index (Phi) is 4.22. The Morgan fingerprint density at radius 3 is 2.86 bits per heavy atom. The number of halogens is 1. The number of morpholine rings is 1. The van der Waals surface area contributed by atoms with Gasteiger partial charge in [-0.25, -0.2) is 4.39 Å². The van der Waals surface area contributed by atoms with Crippen LogP contribution in [0.25, 0.3) is 0 Å². The zero-order valence-electron chi connectivity index (χ0n) is 12.1. The van der Waals surface area contributed by atoms with Crippen LogP contribution in [0.3, 0.4) is 0 Å². The van der Waals surface area contributed by atoms with E-state index in [1.807, 2.05) is 4.90 Å². The Morgan fingerprint density at radius 2 is 2.05 bits per heavy atom. The number of amides is 1. The second-order valence-electron chi connectivity index (χ2n) is 5.95. The number of carbonyl (C=O) groups excluding carboxylic acids is 1. The van der Waals surface area contributed by atoms with E-state index in [4.69, 9.17) is 4.74 Å². The van der Waals surface area contributed by atoms with Crippen LogP contribution in [0, 0.1) is 5.82 Å². The van der Waals surface area contributed by atoms with Gasteiger partial charge in [0.05, 0.1) is 12.1 Å². The first-order chi connectivity index (χ1) is 10.2. The third kappa shape index (κ3) is 3.41. The summed E-state index contributed by atoms with van der Waals surface area (Å²) in [5, 5.41) is 3.38. The van der Waals surface area contributed by atoms with Gasteiger partial charge in [-0.15, -0.1) is 0 Å². The topological polar surface area (TPSA) is 41.6 Å². The molecule has 1 spiro atoms. The van der Waals surface area contributed by atoms with Gasteiger partial charge in [-0.05, 0) is 50.0 Å². The lowest BCUT2D eigenvalue weighted by molar-refractivity contribution is -0.166. The highest BCUT2D eigenvalue weighted by Crippen LogP contribution is 2.29. The van der Waals surface area contributed by atoms with Crippen LogP contribution < -0.4 is 5.32 Å². The Bertz CT molecular complexity index is 496. The third-order valence-electron chi connectivity index (χ3n) is 4.36. The normalized spacial score (nSPS) is 26.9. The first-order valence-corrected chi connectivity index (χ1v) is 7.54. The van der Waals surface area contributed by atoms with E-state index in [1.54, 1.807) is 12.1 Å². The molecular weight excluding hydrogens is 271 g/mol. The minimum Gasteiger partial charge on any atom is -0.363 e. The molecule has 4 nitrogen and oxygen atoms in total. The average Bonchev–Trinajstić information content (AvgIpc) is 2.71. The molecule has 0 bridgehead atoms. The van der Waals surface area contributed by atoms with E-state index in [0.717, 1.165) is 37.9 Å². The van der Waals surface area contributed by atoms with Crippen LogP contribution in [0.15, 0.2) is 24.3 Å². The summed E-state index contributed by atoms with van der Waals surface area (Å²) >= 11 is 0. The first kappa shape index (κ1) is 14.5. The molecule has 1 amide bonds. The van der Waals surface area contributed by atoms with Crippen molar-refractivity contribution in [2.24, 2.45) is 0 Å². The van der Waals surface area contributed by atoms with Crippen molar-refractivity contribution < 1.29 is 13.9 Å². The van der Waals surface area contributed by atoms with Crippen LogP contribution in [0.5, 0.6) is 0 Å². The van der Waals surface area contributed by atoms with E-state index < -0.39 is 0 Å². The fourth-order valence-corrected chi connectivity index (χ4v) is 3.15. The number of nitrogens with one attached hydrogen (secondary N) is 1. The standard InChI is InChI=1S/C16H21FN2O2/c17-14-4-2-13(3-5-14)10-19-12-16(21-11-15(19)20)6-1-8-18-9-7-16/h2-5,18H,1,6-12H2. The van der Waals surface area contributed by atoms with Crippen molar-refractivity contribution in [3.05, 3.63) is 35.6 Å². The molecule has 1 N–H and O–H groups in total. The summed E-state index contributed by atoms with van der Waals surface area (Å²) in [6, 6.07) is 6.34. The molecule has 0 aliphatic carbocycles. The predicted octanol–water partition coefficient (Wildman–Crippen LogP) is 1.70. The van der Waals surface area contributed by atoms with Gasteiger partial charge in [-0.2, -0.15) is 0 Å². The molecule has 2 heterocycles. The monoisotopic (exact) mass is 292 g/mol. The van der Waals surface area contributed by atoms with E-state index in [1.165, 1.54) is 12.1 Å². The lowest BCUT2D eigenvalue weighted by Crippen LogP contribution is -2.54. The van der Waals surface area contributed by atoms with E-state index in [2.05, 4.69) is 5.32 Å². The highest BCUT2D eigenvalue weighted by molar-refractivity contribution is 5.78. The van der Waals surface area contributed by atoms with Gasteiger partial charge < -0.3 is 15.0 Å². The van der Waals surface area contributed by atoms with Gasteiger partial charge in [0, 0.05) is 6.54 Å². The van der Waals surface area contributed by atoms with E-state index >= 15 is 0 Å². The van der Waals surface area contributed by atoms with E-state index in [-0.39, 0.29) is 23.9 Å². The molecule has 2 fully saturated rings. The third-order valence-corrected chi connectivity index (χ3v) is 4.36. The molecule has 0 aromatic heterocycles. The fraction of sp³-hybridized carbons (Fsp3) is 0.562. The van der Waals surface area contributed by atoms with E-state index in [0.29, 0.717) is 13.1 Å². The second-order valence-corrected chi connectivity index (χ2v) is 5.95. The predicted molar refractivity (Wildman–Crippen MR) is 77.2 cm³/mol. The Morgan fingerprint density at radius 1 is 1.24 bits per heavy atom. The van der Waals surface area contributed by atoms with Crippen LogP contribution in [0.1, 0.15) is 24.8 Å². The zero-order valence-corrected chi connectivity index (χ0v) is 12.1. The summed E-state index contributed by atoms with van der Waals surface area (Å²) < 4.78 is 18.9. The molecule has 2 aliphatic heterocycles. The van der Waals surface area contributed by atoms with Crippen molar-refractivity contribution in [3.8, 4) is 0 Å². The summed E-state index contributed by atoms with van der Waals surface area (Å²) in [5.41, 5.74) is 0.741. The van der Waals surface area contributed by atoms with Gasteiger partial charge in [0.2, 0.25) is 5.91 Å². The Balaban J connectivity index is 1.71. The average molecular weight is 292 g/mol. The van der Waals surface area contributed by atoms with Crippen LogP contribution in [-0.4, -0.2) is 42.6 Å². The maximum atomic E-state index is 13.0. The van der Waals surface area contributed by atoms with Crippen LogP contribution in [0.2, 0.25) is 0 Å². The molecule has 21 heavy (non-hydrogen) atoms. The molecular formula is C16H21FN2O2. The molecule has 1 unspecified atom stereocenters. The number of hydrogen-bond acceptors (Lipinski definition) is 3. The quantitative estimate of drug-likeness (QED) is 0.902. The van der Waals surface area contributed by atoms with Crippen molar-refractivity contribution in [1.29, 1.82) is 0 Å². The number of ether oxygens (including phenoxy) is 1. The minimum absolute atomic E-state index is 0.0159. The molecule has 2 saturated heterocycles. The SMILES string of the molecule is O=C1COC2(CCCNCC2)CN1Cc1ccc(F)cc1. The van der Waals surface area contributed by atoms with Crippen molar-refractivity contribution in [3.63, 3.8) is 0 Å². The van der Waals surface area contributed by atoms with Gasteiger partial charge in [0.15, 0.2) is 0 Å². The maximum Gasteiger partial charge on any atom is 0.248 e. The van der Waals surface area contributed by atoms with Gasteiger partial charge in [-0.1, -0.05) is 12.1 Å². The second kappa shape index (κ2) is 6.12. The van der Waals surface area contributed by atoms with E-state index in [9.17, 15) is 9.18 Å². The molecule has 114 valence electrons. The number of benzene rings is 1. The number of hydrogen-bond donors (Lipinski definition) is 1. The lowest BCUT2D eigenvalue weighted by Gasteiger charge is -2.42. The number of carbonyl (C=O) groups is 1. The maximum absolute atomic E-state index is 13.0. The van der Waals surface area contributed by atoms with Crippen molar-refractivity contribution in [1.82, 2.24) is 10.2 Å². The minimum atomic E-state index is -0.252. The largest absolute Gasteiger partial charge is 0.363 e.